The number of benzene rings is 2. The Labute approximate surface area is 250 Å². The number of rotatable bonds is 9. The number of piperazine rings is 1. The number of hydrogen-bond acceptors (Lipinski definition) is 8. The fraction of sp³-hybridized carbons (Fsp3) is 0.406. The first kappa shape index (κ1) is 28.8. The molecule has 1 aliphatic carbocycles. The average Bonchev–Trinajstić information content (AvgIpc) is 3.74. The zero-order valence-corrected chi connectivity index (χ0v) is 24.1. The molecule has 2 aliphatic heterocycles. The van der Waals surface area contributed by atoms with Crippen LogP contribution in [-0.4, -0.2) is 90.4 Å². The maximum Gasteiger partial charge on any atom is 0.291 e. The molecule has 2 unspecified atom stereocenters. The summed E-state index contributed by atoms with van der Waals surface area (Å²) in [5.74, 6) is -1.20. The number of nitrogens with zero attached hydrogens (tertiary/aromatic N) is 3. The highest BCUT2D eigenvalue weighted by atomic mass is 16.3. The van der Waals surface area contributed by atoms with Crippen LogP contribution in [-0.2, 0) is 4.79 Å². The molecule has 6 rings (SSSR count). The second kappa shape index (κ2) is 12.1. The Kier molecular flexibility index (Phi) is 8.09. The highest BCUT2D eigenvalue weighted by molar-refractivity contribution is 6.05. The molecule has 2 saturated heterocycles. The topological polar surface area (TPSA) is 139 Å². The molecule has 1 aromatic heterocycles. The second-order valence-corrected chi connectivity index (χ2v) is 11.5. The number of fused-ring (bicyclic) bond motifs is 2. The van der Waals surface area contributed by atoms with Crippen molar-refractivity contribution >= 4 is 34.8 Å². The molecule has 226 valence electrons. The minimum absolute atomic E-state index is 0.138. The van der Waals surface area contributed by atoms with E-state index in [9.17, 15) is 24.6 Å². The maximum atomic E-state index is 13.1. The number of nitrogens with one attached hydrogen (secondary N) is 2. The van der Waals surface area contributed by atoms with Gasteiger partial charge in [-0.15, -0.1) is 0 Å². The zero-order chi connectivity index (χ0) is 30.1. The van der Waals surface area contributed by atoms with Crippen molar-refractivity contribution < 1.29 is 29.0 Å². The van der Waals surface area contributed by atoms with Crippen LogP contribution >= 0.6 is 0 Å². The number of carbonyl (C=O) groups excluding carboxylic acids is 3. The Bertz CT molecular complexity index is 1490. The third-order valence-corrected chi connectivity index (χ3v) is 8.84. The first-order valence-corrected chi connectivity index (χ1v) is 14.8. The fourth-order valence-corrected chi connectivity index (χ4v) is 6.52. The molecule has 11 nitrogen and oxygen atoms in total. The molecular formula is C32H37N5O6. The van der Waals surface area contributed by atoms with Crippen LogP contribution in [0.4, 0.5) is 17.1 Å². The molecule has 3 heterocycles. The number of amides is 3. The van der Waals surface area contributed by atoms with Crippen LogP contribution in [0, 0.1) is 12.8 Å². The quantitative estimate of drug-likeness (QED) is 0.280. The molecule has 2 bridgehead atoms. The number of carbonyl (C=O) groups is 3. The Morgan fingerprint density at radius 1 is 0.930 bits per heavy atom. The van der Waals surface area contributed by atoms with Gasteiger partial charge in [0.25, 0.3) is 11.8 Å². The minimum atomic E-state index is -0.990. The van der Waals surface area contributed by atoms with Gasteiger partial charge in [0.15, 0.2) is 5.76 Å². The lowest BCUT2D eigenvalue weighted by molar-refractivity contribution is -0.146. The summed E-state index contributed by atoms with van der Waals surface area (Å²) in [6.45, 7) is 5.94. The molecule has 3 aromatic rings. The molecule has 4 atom stereocenters. The van der Waals surface area contributed by atoms with Crippen LogP contribution in [0.3, 0.4) is 0 Å². The number of aliphatic hydroxyl groups excluding tert-OH is 2. The predicted molar refractivity (Wildman–Crippen MR) is 161 cm³/mol. The van der Waals surface area contributed by atoms with Gasteiger partial charge in [-0.05, 0) is 61.7 Å². The van der Waals surface area contributed by atoms with E-state index in [1.165, 1.54) is 17.5 Å². The number of para-hydroxylation sites is 1. The van der Waals surface area contributed by atoms with Crippen molar-refractivity contribution in [1.82, 2.24) is 10.2 Å². The summed E-state index contributed by atoms with van der Waals surface area (Å²) in [6.07, 6.45) is 0.503. The third kappa shape index (κ3) is 5.70. The van der Waals surface area contributed by atoms with E-state index < -0.39 is 24.0 Å². The number of aliphatic hydroxyl groups is 2. The Morgan fingerprint density at radius 2 is 1.67 bits per heavy atom. The van der Waals surface area contributed by atoms with Gasteiger partial charge in [-0.25, -0.2) is 0 Å². The molecule has 11 heteroatoms. The van der Waals surface area contributed by atoms with E-state index in [2.05, 4.69) is 39.5 Å². The van der Waals surface area contributed by atoms with E-state index in [1.807, 2.05) is 18.2 Å². The second-order valence-electron chi connectivity index (χ2n) is 11.5. The summed E-state index contributed by atoms with van der Waals surface area (Å²) in [6, 6.07) is 16.5. The highest BCUT2D eigenvalue weighted by Crippen LogP contribution is 2.39. The van der Waals surface area contributed by atoms with Crippen LogP contribution in [0.5, 0.6) is 0 Å². The van der Waals surface area contributed by atoms with E-state index in [4.69, 9.17) is 4.42 Å². The highest BCUT2D eigenvalue weighted by Gasteiger charge is 2.55. The van der Waals surface area contributed by atoms with Crippen LogP contribution in [0.2, 0.25) is 0 Å². The lowest BCUT2D eigenvalue weighted by Gasteiger charge is -2.38. The fourth-order valence-electron chi connectivity index (χ4n) is 6.52. The van der Waals surface area contributed by atoms with Crippen molar-refractivity contribution in [2.24, 2.45) is 5.92 Å². The summed E-state index contributed by atoms with van der Waals surface area (Å²) in [5, 5.41) is 25.9. The van der Waals surface area contributed by atoms with E-state index in [1.54, 1.807) is 29.2 Å². The van der Waals surface area contributed by atoms with E-state index in [0.717, 1.165) is 31.9 Å². The lowest BCUT2D eigenvalue weighted by Crippen LogP contribution is -2.51. The number of likely N-dealkylation sites (tertiary alicyclic amines) is 1. The molecule has 3 amide bonds. The SMILES string of the molecule is Cc1ccccc1N1CCN(c2ccc(C(=O)NCCCN3C(=O)[C@H]4C[C@H]3C(O)C4O)cc2NC(=O)c2ccco2)CC1. The Hall–Kier alpha value is -4.35. The molecule has 4 N–H and O–H groups in total. The van der Waals surface area contributed by atoms with Gasteiger partial charge < -0.3 is 40.0 Å². The van der Waals surface area contributed by atoms with Crippen LogP contribution in [0.25, 0.3) is 0 Å². The van der Waals surface area contributed by atoms with Crippen molar-refractivity contribution in [3.8, 4) is 0 Å². The van der Waals surface area contributed by atoms with Gasteiger partial charge in [0, 0.05) is 50.5 Å². The summed E-state index contributed by atoms with van der Waals surface area (Å²) in [5.41, 5.74) is 4.19. The average molecular weight is 588 g/mol. The van der Waals surface area contributed by atoms with Crippen molar-refractivity contribution in [3.05, 3.63) is 77.7 Å². The van der Waals surface area contributed by atoms with Gasteiger partial charge in [0.1, 0.15) is 6.10 Å². The van der Waals surface area contributed by atoms with Gasteiger partial charge in [-0.1, -0.05) is 18.2 Å². The number of furan rings is 1. The normalized spacial score (nSPS) is 23.1. The monoisotopic (exact) mass is 587 g/mol. The lowest BCUT2D eigenvalue weighted by atomic mass is 10.0. The Balaban J connectivity index is 1.11. The molecular weight excluding hydrogens is 550 g/mol. The van der Waals surface area contributed by atoms with Gasteiger partial charge in [0.2, 0.25) is 5.91 Å². The smallest absolute Gasteiger partial charge is 0.291 e. The molecule has 43 heavy (non-hydrogen) atoms. The largest absolute Gasteiger partial charge is 0.459 e. The predicted octanol–water partition coefficient (Wildman–Crippen LogP) is 2.24. The maximum absolute atomic E-state index is 13.1. The van der Waals surface area contributed by atoms with Crippen molar-refractivity contribution in [2.75, 3.05) is 54.4 Å². The van der Waals surface area contributed by atoms with E-state index >= 15 is 0 Å². The summed E-state index contributed by atoms with van der Waals surface area (Å²) < 4.78 is 5.28. The number of aryl methyl sites for hydroxylation is 1. The first-order chi connectivity index (χ1) is 20.8. The summed E-state index contributed by atoms with van der Waals surface area (Å²) in [4.78, 5) is 44.7. The summed E-state index contributed by atoms with van der Waals surface area (Å²) >= 11 is 0. The van der Waals surface area contributed by atoms with Crippen LogP contribution in [0.15, 0.2) is 65.3 Å². The number of piperidine rings is 1. The number of hydrogen-bond donors (Lipinski definition) is 4. The molecule has 2 aromatic carbocycles. The molecule has 1 saturated carbocycles. The molecule has 3 fully saturated rings. The van der Waals surface area contributed by atoms with Crippen LogP contribution in [0.1, 0.15) is 39.3 Å². The Morgan fingerprint density at radius 3 is 2.37 bits per heavy atom. The molecule has 0 spiro atoms. The first-order valence-electron chi connectivity index (χ1n) is 14.8. The van der Waals surface area contributed by atoms with E-state index in [0.29, 0.717) is 37.2 Å². The van der Waals surface area contributed by atoms with Gasteiger partial charge in [0.05, 0.1) is 35.7 Å². The van der Waals surface area contributed by atoms with Crippen molar-refractivity contribution in [1.29, 1.82) is 0 Å². The summed E-state index contributed by atoms with van der Waals surface area (Å²) in [7, 11) is 0. The standard InChI is InChI=1S/C32H37N5O6/c1-20-6-2-3-7-24(20)35-13-15-36(16-14-35)25-10-9-21(18-23(25)34-31(41)27-8-4-17-43-27)30(40)33-11-5-12-37-26-19-22(32(37)42)28(38)29(26)39/h2-4,6-10,17-18,22,26,28-29,38-39H,5,11-16,19H2,1H3,(H,33,40)(H,34,41)/t22-,26-,28?,29?/m0/s1. The van der Waals surface area contributed by atoms with Gasteiger partial charge in [-0.3, -0.25) is 14.4 Å². The minimum Gasteiger partial charge on any atom is -0.459 e. The zero-order valence-electron chi connectivity index (χ0n) is 24.1. The van der Waals surface area contributed by atoms with Gasteiger partial charge in [-0.2, -0.15) is 0 Å². The van der Waals surface area contributed by atoms with E-state index in [-0.39, 0.29) is 23.6 Å². The van der Waals surface area contributed by atoms with Crippen LogP contribution < -0.4 is 20.4 Å². The molecule has 3 aliphatic rings. The van der Waals surface area contributed by atoms with Crippen molar-refractivity contribution in [3.63, 3.8) is 0 Å². The molecule has 0 radical (unpaired) electrons. The van der Waals surface area contributed by atoms with Gasteiger partial charge >= 0.3 is 0 Å². The number of anilines is 3. The third-order valence-electron chi connectivity index (χ3n) is 8.84. The van der Waals surface area contributed by atoms with Crippen molar-refractivity contribution in [2.45, 2.75) is 38.0 Å².